The van der Waals surface area contributed by atoms with Crippen LogP contribution in [-0.4, -0.2) is 30.9 Å². The fourth-order valence-corrected chi connectivity index (χ4v) is 5.70. The third-order valence-corrected chi connectivity index (χ3v) is 7.86. The lowest BCUT2D eigenvalue weighted by Crippen LogP contribution is -2.23. The number of pyridine rings is 1. The fraction of sp³-hybridized carbons (Fsp3) is 0.407. The maximum atomic E-state index is 15.1. The lowest BCUT2D eigenvalue weighted by Gasteiger charge is -2.29. The first-order chi connectivity index (χ1) is 17.5. The highest BCUT2D eigenvalue weighted by Crippen LogP contribution is 2.40. The normalized spacial score (nSPS) is 21.7. The van der Waals surface area contributed by atoms with Gasteiger partial charge in [-0.1, -0.05) is 11.6 Å². The topological polar surface area (TPSA) is 74.8 Å². The van der Waals surface area contributed by atoms with E-state index in [1.165, 1.54) is 18.9 Å². The summed E-state index contributed by atoms with van der Waals surface area (Å²) >= 11 is 6.03. The molecule has 36 heavy (non-hydrogen) atoms. The number of ether oxygens (including phenoxy) is 1. The molecule has 2 fully saturated rings. The summed E-state index contributed by atoms with van der Waals surface area (Å²) in [5, 5.41) is 5.32. The zero-order chi connectivity index (χ0) is 24.4. The minimum Gasteiger partial charge on any atom is -0.373 e. The van der Waals surface area contributed by atoms with Crippen LogP contribution in [0.25, 0.3) is 22.2 Å². The Morgan fingerprint density at radius 1 is 1.14 bits per heavy atom. The van der Waals surface area contributed by atoms with Gasteiger partial charge in [0.2, 0.25) is 0 Å². The van der Waals surface area contributed by atoms with Gasteiger partial charge in [-0.15, -0.1) is 0 Å². The van der Waals surface area contributed by atoms with Gasteiger partial charge < -0.3 is 4.74 Å². The second-order valence-corrected chi connectivity index (χ2v) is 10.5. The van der Waals surface area contributed by atoms with Crippen molar-refractivity contribution in [3.05, 3.63) is 74.9 Å². The summed E-state index contributed by atoms with van der Waals surface area (Å²) in [5.74, 6) is 0.314. The Morgan fingerprint density at radius 2 is 2.03 bits per heavy atom. The molecule has 0 radical (unpaired) electrons. The molecule has 7 nitrogen and oxygen atoms in total. The third kappa shape index (κ3) is 3.74. The average Bonchev–Trinajstić information content (AvgIpc) is 3.41. The quantitative estimate of drug-likeness (QED) is 0.373. The number of benzene rings is 1. The van der Waals surface area contributed by atoms with Gasteiger partial charge in [0.05, 0.1) is 29.4 Å². The summed E-state index contributed by atoms with van der Waals surface area (Å²) in [5.41, 5.74) is 2.90. The molecule has 2 unspecified atom stereocenters. The number of rotatable bonds is 4. The molecule has 1 aliphatic carbocycles. The Kier molecular flexibility index (Phi) is 5.22. The predicted molar refractivity (Wildman–Crippen MR) is 134 cm³/mol. The van der Waals surface area contributed by atoms with Crippen LogP contribution in [0.15, 0.2) is 41.5 Å². The first kappa shape index (κ1) is 22.1. The van der Waals surface area contributed by atoms with Crippen LogP contribution in [0.5, 0.6) is 0 Å². The van der Waals surface area contributed by atoms with Crippen molar-refractivity contribution in [2.45, 2.75) is 63.1 Å². The molecule has 9 heteroatoms. The van der Waals surface area contributed by atoms with Gasteiger partial charge in [0.15, 0.2) is 0 Å². The summed E-state index contributed by atoms with van der Waals surface area (Å²) in [6.07, 6.45) is 9.33. The van der Waals surface area contributed by atoms with Crippen molar-refractivity contribution in [2.24, 2.45) is 0 Å². The Labute approximate surface area is 211 Å². The van der Waals surface area contributed by atoms with E-state index in [9.17, 15) is 4.79 Å². The van der Waals surface area contributed by atoms with Crippen molar-refractivity contribution in [3.8, 4) is 11.3 Å². The van der Waals surface area contributed by atoms with Crippen LogP contribution in [0.1, 0.15) is 67.2 Å². The minimum absolute atomic E-state index is 0.0594. The van der Waals surface area contributed by atoms with Crippen molar-refractivity contribution in [3.63, 3.8) is 0 Å². The molecule has 0 N–H and O–H groups in total. The lowest BCUT2D eigenvalue weighted by molar-refractivity contribution is 0.00463. The molecule has 0 spiro atoms. The van der Waals surface area contributed by atoms with Gasteiger partial charge in [-0.05, 0) is 56.4 Å². The zero-order valence-corrected chi connectivity index (χ0v) is 20.4. The van der Waals surface area contributed by atoms with Gasteiger partial charge in [0, 0.05) is 53.5 Å². The summed E-state index contributed by atoms with van der Waals surface area (Å²) in [6, 6.07) is 6.92. The monoisotopic (exact) mass is 505 g/mol. The van der Waals surface area contributed by atoms with E-state index in [1.54, 1.807) is 16.7 Å². The largest absolute Gasteiger partial charge is 0.373 e. The molecule has 184 valence electrons. The molecule has 0 bridgehead atoms. The average molecular weight is 506 g/mol. The number of fused-ring (bicyclic) bond motifs is 2. The second kappa shape index (κ2) is 8.49. The molecular formula is C27H25ClFN5O2. The molecule has 5 heterocycles. The van der Waals surface area contributed by atoms with E-state index >= 15 is 4.39 Å². The fourth-order valence-electron chi connectivity index (χ4n) is 5.54. The Hall–Kier alpha value is -3.10. The Bertz CT molecular complexity index is 1560. The smallest absolute Gasteiger partial charge is 0.261 e. The maximum Gasteiger partial charge on any atom is 0.261 e. The molecule has 2 atom stereocenters. The van der Waals surface area contributed by atoms with Gasteiger partial charge in [0.25, 0.3) is 5.56 Å². The van der Waals surface area contributed by atoms with E-state index in [4.69, 9.17) is 26.3 Å². The number of hydrogen-bond acceptors (Lipinski definition) is 5. The van der Waals surface area contributed by atoms with Crippen LogP contribution in [0.3, 0.4) is 0 Å². The minimum atomic E-state index is -0.479. The Morgan fingerprint density at radius 3 is 2.86 bits per heavy atom. The van der Waals surface area contributed by atoms with Crippen molar-refractivity contribution in [1.29, 1.82) is 0 Å². The summed E-state index contributed by atoms with van der Waals surface area (Å²) in [4.78, 5) is 23.2. The highest BCUT2D eigenvalue weighted by molar-refractivity contribution is 6.30. The lowest BCUT2D eigenvalue weighted by atomic mass is 9.89. The first-order valence-electron chi connectivity index (χ1n) is 12.6. The molecule has 4 aromatic rings. The SMILES string of the molecule is O=c1c2cc(C3CCOC(c4cnn(C5CC5)c4)C3)nc(-c3ccc(Cl)cc3F)c2nc2n1CCC2. The van der Waals surface area contributed by atoms with Crippen molar-refractivity contribution in [2.75, 3.05) is 6.61 Å². The number of hydrogen-bond donors (Lipinski definition) is 0. The van der Waals surface area contributed by atoms with Crippen LogP contribution in [0.4, 0.5) is 4.39 Å². The van der Waals surface area contributed by atoms with Crippen molar-refractivity contribution in [1.82, 2.24) is 24.3 Å². The van der Waals surface area contributed by atoms with Gasteiger partial charge in [-0.3, -0.25) is 19.0 Å². The predicted octanol–water partition coefficient (Wildman–Crippen LogP) is 5.36. The van der Waals surface area contributed by atoms with Gasteiger partial charge in [-0.2, -0.15) is 5.10 Å². The van der Waals surface area contributed by atoms with Crippen LogP contribution < -0.4 is 5.56 Å². The van der Waals surface area contributed by atoms with E-state index in [0.717, 1.165) is 42.8 Å². The summed E-state index contributed by atoms with van der Waals surface area (Å²) in [7, 11) is 0. The summed E-state index contributed by atoms with van der Waals surface area (Å²) in [6.45, 7) is 1.24. The van der Waals surface area contributed by atoms with Crippen molar-refractivity contribution < 1.29 is 9.13 Å². The van der Waals surface area contributed by atoms with Gasteiger partial charge >= 0.3 is 0 Å². The van der Waals surface area contributed by atoms with Crippen LogP contribution >= 0.6 is 11.6 Å². The van der Waals surface area contributed by atoms with Crippen LogP contribution in [-0.2, 0) is 17.7 Å². The highest BCUT2D eigenvalue weighted by atomic mass is 35.5. The molecule has 0 amide bonds. The van der Waals surface area contributed by atoms with Gasteiger partial charge in [0.1, 0.15) is 17.2 Å². The van der Waals surface area contributed by atoms with Crippen molar-refractivity contribution >= 4 is 22.5 Å². The number of aryl methyl sites for hydroxylation is 1. The van der Waals surface area contributed by atoms with Crippen LogP contribution in [0.2, 0.25) is 5.02 Å². The van der Waals surface area contributed by atoms with E-state index in [2.05, 4.69) is 11.3 Å². The van der Waals surface area contributed by atoms with E-state index in [0.29, 0.717) is 46.4 Å². The number of nitrogens with zero attached hydrogens (tertiary/aromatic N) is 5. The zero-order valence-electron chi connectivity index (χ0n) is 19.7. The number of aromatic nitrogens is 5. The molecule has 7 rings (SSSR count). The molecule has 2 aliphatic heterocycles. The number of halogens is 2. The van der Waals surface area contributed by atoms with E-state index in [-0.39, 0.29) is 17.6 Å². The molecule has 3 aliphatic rings. The molecule has 1 saturated carbocycles. The second-order valence-electron chi connectivity index (χ2n) is 10.1. The molecule has 3 aromatic heterocycles. The van der Waals surface area contributed by atoms with E-state index in [1.807, 2.05) is 16.9 Å². The van der Waals surface area contributed by atoms with Gasteiger partial charge in [-0.25, -0.2) is 9.37 Å². The molecule has 1 aromatic carbocycles. The molecule has 1 saturated heterocycles. The maximum absolute atomic E-state index is 15.1. The van der Waals surface area contributed by atoms with E-state index < -0.39 is 5.82 Å². The first-order valence-corrected chi connectivity index (χ1v) is 13.0. The summed E-state index contributed by atoms with van der Waals surface area (Å²) < 4.78 is 25.0. The Balaban J connectivity index is 1.34. The van der Waals surface area contributed by atoms with Crippen LogP contribution in [0, 0.1) is 5.82 Å². The highest BCUT2D eigenvalue weighted by Gasteiger charge is 2.31. The molecular weight excluding hydrogens is 481 g/mol. The third-order valence-electron chi connectivity index (χ3n) is 7.63. The standard InChI is InChI=1S/C27H25ClFN5O2/c28-17-3-6-19(21(29)11-17)25-26-20(27(35)33-8-1-2-24(33)32-26)12-22(31-25)15-7-9-36-23(10-15)16-13-30-34(14-16)18-4-5-18/h3,6,11-15,18,23H,1-2,4-5,7-10H2.